The van der Waals surface area contributed by atoms with E-state index >= 15 is 0 Å². The van der Waals surface area contributed by atoms with Gasteiger partial charge in [-0.2, -0.15) is 0 Å². The number of nitrogens with zero attached hydrogens (tertiary/aromatic N) is 2. The third kappa shape index (κ3) is 8.73. The van der Waals surface area contributed by atoms with Crippen LogP contribution in [-0.2, 0) is 21.7 Å². The minimum Gasteiger partial charge on any atom is -0.456 e. The predicted molar refractivity (Wildman–Crippen MR) is 372 cm³/mol. The minimum atomic E-state index is -0.0896. The van der Waals surface area contributed by atoms with Crippen molar-refractivity contribution in [3.05, 3.63) is 229 Å². The maximum atomic E-state index is 6.98. The van der Waals surface area contributed by atoms with Crippen LogP contribution in [0.5, 0.6) is 0 Å². The summed E-state index contributed by atoms with van der Waals surface area (Å²) >= 11 is 0. The summed E-state index contributed by atoms with van der Waals surface area (Å²) in [6, 6.07) is 75.4. The molecule has 88 heavy (non-hydrogen) atoms. The van der Waals surface area contributed by atoms with E-state index in [9.17, 15) is 0 Å². The molecule has 0 atom stereocenters. The monoisotopic (exact) mass is 1150 g/mol. The fourth-order valence-electron chi connectivity index (χ4n) is 13.4. The number of hydrogen-bond donors (Lipinski definition) is 0. The highest BCUT2D eigenvalue weighted by Gasteiger charge is 2.28. The highest BCUT2D eigenvalue weighted by atomic mass is 16.3. The zero-order valence-corrected chi connectivity index (χ0v) is 52.2. The summed E-state index contributed by atoms with van der Waals surface area (Å²) in [6.45, 7) is 27.6. The van der Waals surface area contributed by atoms with Gasteiger partial charge in [-0.1, -0.05) is 156 Å². The minimum absolute atomic E-state index is 0.0896. The fourth-order valence-corrected chi connectivity index (χ4v) is 13.4. The van der Waals surface area contributed by atoms with E-state index in [4.69, 9.17) is 17.7 Å². The molecule has 16 aromatic rings. The van der Waals surface area contributed by atoms with Crippen LogP contribution in [0, 0.1) is 0 Å². The summed E-state index contributed by atoms with van der Waals surface area (Å²) in [5.74, 6) is 0. The summed E-state index contributed by atoms with van der Waals surface area (Å²) in [6.07, 6.45) is 0. The molecule has 0 amide bonds. The van der Waals surface area contributed by atoms with Gasteiger partial charge in [-0.25, -0.2) is 0 Å². The molecule has 432 valence electrons. The molecule has 0 N–H and O–H groups in total. The zero-order valence-electron chi connectivity index (χ0n) is 52.2. The standard InChI is InChI=1S/C82H70N2O4/c1-79(2,3)51-37-52(80(4,5)6)40-59(39-51)83(57-23-29-63-67-27-21-47-17-13-15-19-61(47)77(67)87-75(63)45-57)55-25-31-65-69-33-49-36-72-70(34-50(49)35-71(69)85-73(65)43-55)66-32-26-56(44-74(66)86-72)84(60-41-53(81(7,8)9)38-54(42-60)82(10,11)12)58-24-30-64-68-28-22-48-18-14-16-20-62(48)78(68)88-76(64)46-58/h13-46H,1-12H3. The first-order chi connectivity index (χ1) is 42.1. The number of hydrogen-bond acceptors (Lipinski definition) is 6. The maximum Gasteiger partial charge on any atom is 0.143 e. The highest BCUT2D eigenvalue weighted by molar-refractivity contribution is 6.18. The van der Waals surface area contributed by atoms with Gasteiger partial charge in [-0.15, -0.1) is 0 Å². The van der Waals surface area contributed by atoms with Crippen molar-refractivity contribution in [3.8, 4) is 0 Å². The molecule has 0 saturated carbocycles. The maximum absolute atomic E-state index is 6.98. The van der Waals surface area contributed by atoms with Crippen LogP contribution < -0.4 is 9.80 Å². The molecule has 0 unspecified atom stereocenters. The second-order valence-corrected chi connectivity index (χ2v) is 28.7. The molecule has 0 radical (unpaired) electrons. The molecule has 0 aliphatic heterocycles. The molecule has 16 rings (SSSR count). The van der Waals surface area contributed by atoms with Gasteiger partial charge in [0.25, 0.3) is 0 Å². The Morgan fingerprint density at radius 3 is 0.852 bits per heavy atom. The van der Waals surface area contributed by atoms with Crippen molar-refractivity contribution in [2.45, 2.75) is 105 Å². The summed E-state index contributed by atoms with van der Waals surface area (Å²) in [5.41, 5.74) is 17.7. The third-order valence-electron chi connectivity index (χ3n) is 18.5. The van der Waals surface area contributed by atoms with Crippen molar-refractivity contribution in [3.63, 3.8) is 0 Å². The van der Waals surface area contributed by atoms with E-state index in [0.717, 1.165) is 154 Å². The van der Waals surface area contributed by atoms with Gasteiger partial charge in [0.2, 0.25) is 0 Å². The summed E-state index contributed by atoms with van der Waals surface area (Å²) < 4.78 is 27.6. The van der Waals surface area contributed by atoms with Crippen LogP contribution in [0.15, 0.2) is 224 Å². The van der Waals surface area contributed by atoms with Gasteiger partial charge < -0.3 is 27.5 Å². The van der Waals surface area contributed by atoms with Crippen molar-refractivity contribution in [1.29, 1.82) is 0 Å². The number of furan rings is 4. The van der Waals surface area contributed by atoms with Gasteiger partial charge in [-0.05, 0) is 175 Å². The quantitative estimate of drug-likeness (QED) is 0.165. The zero-order chi connectivity index (χ0) is 60.5. The molecule has 0 aliphatic carbocycles. The van der Waals surface area contributed by atoms with Crippen LogP contribution in [-0.4, -0.2) is 0 Å². The lowest BCUT2D eigenvalue weighted by molar-refractivity contribution is 0.568. The molecular formula is C82H70N2O4. The van der Waals surface area contributed by atoms with Crippen molar-refractivity contribution in [1.82, 2.24) is 0 Å². The third-order valence-corrected chi connectivity index (χ3v) is 18.5. The second kappa shape index (κ2) is 18.9. The van der Waals surface area contributed by atoms with Crippen LogP contribution in [0.4, 0.5) is 34.1 Å². The van der Waals surface area contributed by atoms with Gasteiger partial charge in [0.05, 0.1) is 0 Å². The molecule has 0 bridgehead atoms. The Kier molecular flexibility index (Phi) is 11.5. The Hall–Kier alpha value is -9.78. The van der Waals surface area contributed by atoms with Crippen molar-refractivity contribution in [2.75, 3.05) is 9.80 Å². The van der Waals surface area contributed by atoms with Crippen LogP contribution >= 0.6 is 0 Å². The Labute approximate surface area is 512 Å². The molecule has 0 fully saturated rings. The van der Waals surface area contributed by atoms with Crippen molar-refractivity contribution in [2.24, 2.45) is 0 Å². The lowest BCUT2D eigenvalue weighted by Gasteiger charge is -2.31. The molecule has 12 aromatic carbocycles. The van der Waals surface area contributed by atoms with Crippen molar-refractivity contribution >= 4 is 154 Å². The number of benzene rings is 12. The molecule has 0 saturated heterocycles. The number of anilines is 6. The average molecular weight is 1150 g/mol. The predicted octanol–water partition coefficient (Wildman–Crippen LogP) is 24.9. The summed E-state index contributed by atoms with van der Waals surface area (Å²) in [7, 11) is 0. The highest BCUT2D eigenvalue weighted by Crippen LogP contribution is 2.48. The summed E-state index contributed by atoms with van der Waals surface area (Å²) in [5, 5.41) is 15.3. The first kappa shape index (κ1) is 53.7. The molecule has 4 aromatic heterocycles. The van der Waals surface area contributed by atoms with Gasteiger partial charge in [0.15, 0.2) is 0 Å². The second-order valence-electron chi connectivity index (χ2n) is 28.7. The molecule has 0 spiro atoms. The smallest absolute Gasteiger partial charge is 0.143 e. The van der Waals surface area contributed by atoms with Crippen LogP contribution in [0.1, 0.15) is 105 Å². The normalized spacial score (nSPS) is 13.0. The first-order valence-corrected chi connectivity index (χ1v) is 30.9. The Morgan fingerprint density at radius 1 is 0.216 bits per heavy atom. The number of rotatable bonds is 6. The van der Waals surface area contributed by atoms with E-state index in [1.165, 1.54) is 22.3 Å². The van der Waals surface area contributed by atoms with E-state index in [-0.39, 0.29) is 21.7 Å². The Balaban J connectivity index is 0.819. The molecule has 4 heterocycles. The molecule has 0 aliphatic rings. The lowest BCUT2D eigenvalue weighted by atomic mass is 9.80. The first-order valence-electron chi connectivity index (χ1n) is 30.9. The topological polar surface area (TPSA) is 59.0 Å². The fraction of sp³-hybridized carbons (Fsp3) is 0.195. The van der Waals surface area contributed by atoms with Gasteiger partial charge in [-0.3, -0.25) is 0 Å². The molecular weight excluding hydrogens is 1080 g/mol. The molecule has 6 heteroatoms. The van der Waals surface area contributed by atoms with E-state index < -0.39 is 0 Å². The van der Waals surface area contributed by atoms with Crippen molar-refractivity contribution < 1.29 is 17.7 Å². The van der Waals surface area contributed by atoms with E-state index in [2.05, 4.69) is 299 Å². The Morgan fingerprint density at radius 2 is 0.511 bits per heavy atom. The average Bonchev–Trinajstić information content (AvgIpc) is 1.96. The van der Waals surface area contributed by atoms with Gasteiger partial charge >= 0.3 is 0 Å². The SMILES string of the molecule is CC(C)(C)c1cc(N(c2ccc3c(c2)oc2cc4cc5c(cc4cc23)oc2cc(N(c3cc(C(C)(C)C)cc(C(C)(C)C)c3)c3ccc4c(c3)oc3c6ccccc6ccc43)ccc25)c2ccc3c(c2)oc2c4ccccc4ccc32)cc(C(C)(C)C)c1. The Bertz CT molecular complexity index is 5170. The summed E-state index contributed by atoms with van der Waals surface area (Å²) in [4.78, 5) is 4.74. The largest absolute Gasteiger partial charge is 0.456 e. The van der Waals surface area contributed by atoms with Gasteiger partial charge in [0, 0.05) is 112 Å². The van der Waals surface area contributed by atoms with E-state index in [1.54, 1.807) is 0 Å². The van der Waals surface area contributed by atoms with Crippen LogP contribution in [0.25, 0.3) is 120 Å². The molecule has 6 nitrogen and oxygen atoms in total. The number of fused-ring (bicyclic) bond motifs is 17. The van der Waals surface area contributed by atoms with Crippen LogP contribution in [0.2, 0.25) is 0 Å². The van der Waals surface area contributed by atoms with Crippen LogP contribution in [0.3, 0.4) is 0 Å². The van der Waals surface area contributed by atoms with E-state index in [1.807, 2.05) is 0 Å². The van der Waals surface area contributed by atoms with Gasteiger partial charge in [0.1, 0.15) is 44.7 Å². The lowest BCUT2D eigenvalue weighted by Crippen LogP contribution is -2.19. The van der Waals surface area contributed by atoms with E-state index in [0.29, 0.717) is 0 Å².